The van der Waals surface area contributed by atoms with Crippen LogP contribution in [0.2, 0.25) is 0 Å². The Bertz CT molecular complexity index is 724. The molecule has 1 aromatic rings. The maximum Gasteiger partial charge on any atom is 0.244 e. The molecule has 0 saturated carbocycles. The van der Waals surface area contributed by atoms with Crippen molar-refractivity contribution in [3.63, 3.8) is 0 Å². The average Bonchev–Trinajstić information content (AvgIpc) is 2.79. The molecule has 0 spiro atoms. The van der Waals surface area contributed by atoms with Crippen molar-refractivity contribution < 1.29 is 22.8 Å². The number of nitrogens with one attached hydrogen (secondary N) is 1. The van der Waals surface area contributed by atoms with Gasteiger partial charge in [-0.25, -0.2) is 12.7 Å². The van der Waals surface area contributed by atoms with E-state index in [2.05, 4.69) is 5.32 Å². The van der Waals surface area contributed by atoms with Gasteiger partial charge < -0.3 is 5.32 Å². The van der Waals surface area contributed by atoms with Gasteiger partial charge in [0.15, 0.2) is 0 Å². The van der Waals surface area contributed by atoms with Crippen LogP contribution in [0.4, 0.5) is 5.69 Å². The van der Waals surface area contributed by atoms with Crippen molar-refractivity contribution >= 4 is 33.4 Å². The van der Waals surface area contributed by atoms with E-state index in [0.717, 1.165) is 9.21 Å². The summed E-state index contributed by atoms with van der Waals surface area (Å²) < 4.78 is 24.9. The van der Waals surface area contributed by atoms with E-state index in [0.29, 0.717) is 5.69 Å². The van der Waals surface area contributed by atoms with Crippen LogP contribution in [-0.4, -0.2) is 56.0 Å². The number of carbonyl (C=O) groups excluding carboxylic acids is 3. The van der Waals surface area contributed by atoms with Crippen molar-refractivity contribution in [3.8, 4) is 0 Å². The Morgan fingerprint density at radius 1 is 1.13 bits per heavy atom. The van der Waals surface area contributed by atoms with Gasteiger partial charge in [0.1, 0.15) is 6.54 Å². The molecule has 1 saturated heterocycles. The molecule has 1 fully saturated rings. The highest BCUT2D eigenvalue weighted by molar-refractivity contribution is 7.89. The van der Waals surface area contributed by atoms with Gasteiger partial charge in [-0.05, 0) is 24.3 Å². The Labute approximate surface area is 134 Å². The fraction of sp³-hybridized carbons (Fsp3) is 0.357. The summed E-state index contributed by atoms with van der Waals surface area (Å²) in [5.74, 6) is -1.24. The van der Waals surface area contributed by atoms with Crippen LogP contribution < -0.4 is 5.32 Å². The molecular weight excluding hydrogens is 322 g/mol. The van der Waals surface area contributed by atoms with Gasteiger partial charge in [-0.15, -0.1) is 0 Å². The number of sulfonamides is 1. The lowest BCUT2D eigenvalue weighted by molar-refractivity contribution is -0.141. The van der Waals surface area contributed by atoms with E-state index in [-0.39, 0.29) is 36.1 Å². The standard InChI is InChI=1S/C14H17N3O5S/c1-16(2)23(21,22)11-5-3-10(4-6-11)15-12(18)9-17-13(19)7-8-14(17)20/h3-6H,7-9H2,1-2H3,(H,15,18). The predicted molar refractivity (Wildman–Crippen MR) is 81.9 cm³/mol. The number of hydrogen-bond donors (Lipinski definition) is 1. The van der Waals surface area contributed by atoms with Crippen molar-refractivity contribution in [2.24, 2.45) is 0 Å². The third-order valence-corrected chi connectivity index (χ3v) is 5.20. The van der Waals surface area contributed by atoms with Gasteiger partial charge in [-0.1, -0.05) is 0 Å². The fourth-order valence-corrected chi connectivity index (χ4v) is 2.97. The Balaban J connectivity index is 2.02. The summed E-state index contributed by atoms with van der Waals surface area (Å²) >= 11 is 0. The second kappa shape index (κ2) is 6.47. The molecule has 0 aliphatic carbocycles. The van der Waals surface area contributed by atoms with Crippen LogP contribution in [0, 0.1) is 0 Å². The van der Waals surface area contributed by atoms with E-state index >= 15 is 0 Å². The summed E-state index contributed by atoms with van der Waals surface area (Å²) in [7, 11) is -0.681. The minimum absolute atomic E-state index is 0.102. The molecule has 1 N–H and O–H groups in total. The van der Waals surface area contributed by atoms with Crippen molar-refractivity contribution in [1.82, 2.24) is 9.21 Å². The molecule has 0 aromatic heterocycles. The lowest BCUT2D eigenvalue weighted by atomic mass is 10.3. The minimum atomic E-state index is -3.53. The number of likely N-dealkylation sites (tertiary alicyclic amines) is 1. The number of imide groups is 1. The number of anilines is 1. The van der Waals surface area contributed by atoms with Gasteiger partial charge in [0, 0.05) is 32.6 Å². The summed E-state index contributed by atoms with van der Waals surface area (Å²) in [5, 5.41) is 2.52. The van der Waals surface area contributed by atoms with Crippen molar-refractivity contribution in [3.05, 3.63) is 24.3 Å². The second-order valence-corrected chi connectivity index (χ2v) is 7.39. The van der Waals surface area contributed by atoms with Crippen molar-refractivity contribution in [2.45, 2.75) is 17.7 Å². The number of benzene rings is 1. The lowest BCUT2D eigenvalue weighted by Gasteiger charge is -2.14. The summed E-state index contributed by atoms with van der Waals surface area (Å²) in [6.45, 7) is -0.338. The Morgan fingerprint density at radius 3 is 2.13 bits per heavy atom. The molecular formula is C14H17N3O5S. The van der Waals surface area contributed by atoms with Gasteiger partial charge in [0.25, 0.3) is 0 Å². The van der Waals surface area contributed by atoms with Gasteiger partial charge in [-0.2, -0.15) is 0 Å². The zero-order valence-corrected chi connectivity index (χ0v) is 13.6. The van der Waals surface area contributed by atoms with E-state index in [9.17, 15) is 22.8 Å². The van der Waals surface area contributed by atoms with E-state index in [1.165, 1.54) is 38.4 Å². The maximum atomic E-state index is 11.9. The summed E-state index contributed by atoms with van der Waals surface area (Å²) in [4.78, 5) is 35.8. The van der Waals surface area contributed by atoms with Crippen LogP contribution >= 0.6 is 0 Å². The number of rotatable bonds is 5. The lowest BCUT2D eigenvalue weighted by Crippen LogP contribution is -2.36. The van der Waals surface area contributed by atoms with Crippen LogP contribution in [-0.2, 0) is 24.4 Å². The first-order valence-electron chi connectivity index (χ1n) is 6.87. The molecule has 0 atom stereocenters. The highest BCUT2D eigenvalue weighted by atomic mass is 32.2. The highest BCUT2D eigenvalue weighted by Crippen LogP contribution is 2.17. The molecule has 2 rings (SSSR count). The first-order valence-corrected chi connectivity index (χ1v) is 8.31. The second-order valence-electron chi connectivity index (χ2n) is 5.23. The van der Waals surface area contributed by atoms with E-state index in [1.807, 2.05) is 0 Å². The number of nitrogens with zero attached hydrogens (tertiary/aromatic N) is 2. The first kappa shape index (κ1) is 17.1. The predicted octanol–water partition coefficient (Wildman–Crippen LogP) is 0.0244. The molecule has 1 aliphatic rings. The van der Waals surface area contributed by atoms with Crippen LogP contribution in [0.5, 0.6) is 0 Å². The summed E-state index contributed by atoms with van der Waals surface area (Å²) in [6.07, 6.45) is 0.256. The molecule has 124 valence electrons. The molecule has 23 heavy (non-hydrogen) atoms. The van der Waals surface area contributed by atoms with Crippen molar-refractivity contribution in [2.75, 3.05) is 26.0 Å². The number of hydrogen-bond acceptors (Lipinski definition) is 5. The zero-order chi connectivity index (χ0) is 17.2. The Morgan fingerprint density at radius 2 is 1.65 bits per heavy atom. The Kier molecular flexibility index (Phi) is 4.81. The molecule has 1 aliphatic heterocycles. The van der Waals surface area contributed by atoms with Crippen molar-refractivity contribution in [1.29, 1.82) is 0 Å². The van der Waals surface area contributed by atoms with E-state index < -0.39 is 15.9 Å². The number of amides is 3. The third-order valence-electron chi connectivity index (χ3n) is 3.37. The summed E-state index contributed by atoms with van der Waals surface area (Å²) in [5.41, 5.74) is 0.381. The SMILES string of the molecule is CN(C)S(=O)(=O)c1ccc(NC(=O)CN2C(=O)CCC2=O)cc1. The Hall–Kier alpha value is -2.26. The van der Waals surface area contributed by atoms with Gasteiger partial charge in [-0.3, -0.25) is 19.3 Å². The minimum Gasteiger partial charge on any atom is -0.325 e. The maximum absolute atomic E-state index is 11.9. The van der Waals surface area contributed by atoms with Gasteiger partial charge in [0.05, 0.1) is 4.90 Å². The molecule has 9 heteroatoms. The highest BCUT2D eigenvalue weighted by Gasteiger charge is 2.30. The quantitative estimate of drug-likeness (QED) is 0.762. The molecule has 8 nitrogen and oxygen atoms in total. The van der Waals surface area contributed by atoms with Crippen LogP contribution in [0.15, 0.2) is 29.2 Å². The molecule has 1 aromatic carbocycles. The van der Waals surface area contributed by atoms with Gasteiger partial charge in [0.2, 0.25) is 27.7 Å². The van der Waals surface area contributed by atoms with Crippen LogP contribution in [0.1, 0.15) is 12.8 Å². The molecule has 1 heterocycles. The average molecular weight is 339 g/mol. The molecule has 0 bridgehead atoms. The largest absolute Gasteiger partial charge is 0.325 e. The zero-order valence-electron chi connectivity index (χ0n) is 12.8. The van der Waals surface area contributed by atoms with Crippen LogP contribution in [0.3, 0.4) is 0 Å². The number of carbonyl (C=O) groups is 3. The monoisotopic (exact) mass is 339 g/mol. The summed E-state index contributed by atoms with van der Waals surface area (Å²) in [6, 6.07) is 5.64. The van der Waals surface area contributed by atoms with Gasteiger partial charge >= 0.3 is 0 Å². The first-order chi connectivity index (χ1) is 10.7. The van der Waals surface area contributed by atoms with E-state index in [4.69, 9.17) is 0 Å². The smallest absolute Gasteiger partial charge is 0.244 e. The van der Waals surface area contributed by atoms with E-state index in [1.54, 1.807) is 0 Å². The molecule has 0 unspecified atom stereocenters. The topological polar surface area (TPSA) is 104 Å². The molecule has 0 radical (unpaired) electrons. The van der Waals surface area contributed by atoms with Crippen LogP contribution in [0.25, 0.3) is 0 Å². The normalized spacial score (nSPS) is 15.3. The fourth-order valence-electron chi connectivity index (χ4n) is 2.06. The third kappa shape index (κ3) is 3.74. The molecule has 3 amide bonds.